The number of ether oxygens (including phenoxy) is 2. The maximum atomic E-state index is 17.8. The summed E-state index contributed by atoms with van der Waals surface area (Å²) in [6.45, 7) is 3.48. The van der Waals surface area contributed by atoms with Crippen LogP contribution in [0, 0.1) is 41.2 Å². The first-order valence-corrected chi connectivity index (χ1v) is 19.6. The first kappa shape index (κ1) is 36.6. The van der Waals surface area contributed by atoms with Crippen LogP contribution in [0.25, 0.3) is 43.7 Å². The number of piperazine rings is 1. The second-order valence-corrected chi connectivity index (χ2v) is 16.8. The topological polar surface area (TPSA) is 92.0 Å². The van der Waals surface area contributed by atoms with E-state index >= 15 is 17.6 Å². The molecule has 2 aliphatic carbocycles. The van der Waals surface area contributed by atoms with Crippen LogP contribution in [-0.2, 0) is 11.8 Å². The van der Waals surface area contributed by atoms with E-state index in [0.29, 0.717) is 41.7 Å². The van der Waals surface area contributed by atoms with Crippen molar-refractivity contribution in [2.45, 2.75) is 49.9 Å². The van der Waals surface area contributed by atoms with E-state index in [0.717, 1.165) is 38.9 Å². The van der Waals surface area contributed by atoms with Crippen LogP contribution in [0.1, 0.15) is 31.2 Å². The number of hydrogen-bond acceptors (Lipinski definition) is 9. The number of aromatic hydroxyl groups is 1. The summed E-state index contributed by atoms with van der Waals surface area (Å²) in [5.74, 6) is -2.11. The van der Waals surface area contributed by atoms with E-state index < -0.39 is 42.2 Å². The van der Waals surface area contributed by atoms with Crippen molar-refractivity contribution >= 4 is 38.4 Å². The molecule has 2 saturated carbocycles. The Balaban J connectivity index is 1.13. The highest BCUT2D eigenvalue weighted by Gasteiger charge is 2.73. The Morgan fingerprint density at radius 3 is 2.42 bits per heavy atom. The highest BCUT2D eigenvalue weighted by molar-refractivity contribution is 6.18. The van der Waals surface area contributed by atoms with E-state index in [4.69, 9.17) is 26.0 Å². The lowest BCUT2D eigenvalue weighted by atomic mass is 9.91. The first-order chi connectivity index (χ1) is 27.4. The number of alkyl halides is 3. The molecule has 2 bridgehead atoms. The molecule has 15 heteroatoms. The van der Waals surface area contributed by atoms with Gasteiger partial charge >= 0.3 is 6.01 Å². The maximum absolute atomic E-state index is 17.8. The van der Waals surface area contributed by atoms with Crippen LogP contribution in [0.2, 0.25) is 0 Å². The normalized spacial score (nSPS) is 27.8. The number of terminal acetylenes is 1. The molecule has 5 aromatic rings. The minimum atomic E-state index is -3.01. The van der Waals surface area contributed by atoms with Crippen LogP contribution >= 0.6 is 0 Å². The first-order valence-electron chi connectivity index (χ1n) is 19.6. The fourth-order valence-corrected chi connectivity index (χ4v) is 10.2. The molecular weight excluding hydrogens is 745 g/mol. The number of phenolic OH excluding ortho intramolecular Hbond substituents is 1. The maximum Gasteiger partial charge on any atom is 0.319 e. The Labute approximate surface area is 325 Å². The molecule has 10 rings (SSSR count). The number of piperidine rings is 1. The van der Waals surface area contributed by atoms with Gasteiger partial charge < -0.3 is 24.4 Å². The minimum Gasteiger partial charge on any atom is -0.508 e. The Morgan fingerprint density at radius 2 is 1.74 bits per heavy atom. The van der Waals surface area contributed by atoms with Crippen LogP contribution in [0.15, 0.2) is 30.5 Å². The summed E-state index contributed by atoms with van der Waals surface area (Å²) in [7, 11) is 3.38. The van der Waals surface area contributed by atoms with Gasteiger partial charge in [-0.1, -0.05) is 12.0 Å². The van der Waals surface area contributed by atoms with Gasteiger partial charge in [0.15, 0.2) is 5.82 Å². The van der Waals surface area contributed by atoms with E-state index in [-0.39, 0.29) is 75.3 Å². The third-order valence-corrected chi connectivity index (χ3v) is 13.1. The third-order valence-electron chi connectivity index (χ3n) is 13.1. The van der Waals surface area contributed by atoms with Gasteiger partial charge in [0.25, 0.3) is 5.92 Å². The lowest BCUT2D eigenvalue weighted by Crippen LogP contribution is -2.54. The van der Waals surface area contributed by atoms with Gasteiger partial charge in [-0.25, -0.2) is 22.0 Å². The molecule has 3 saturated heterocycles. The van der Waals surface area contributed by atoms with E-state index in [1.54, 1.807) is 25.0 Å². The molecule has 5 heterocycles. The number of halogens is 5. The fourth-order valence-electron chi connectivity index (χ4n) is 10.2. The highest BCUT2D eigenvalue weighted by atomic mass is 19.3. The molecule has 2 aromatic heterocycles. The number of hydrogen-bond donors (Lipinski definition) is 1. The number of fused-ring (bicyclic) bond motifs is 7. The Hall–Kier alpha value is -4.78. The summed E-state index contributed by atoms with van der Waals surface area (Å²) < 4.78 is 90.5. The number of benzene rings is 3. The molecule has 298 valence electrons. The summed E-state index contributed by atoms with van der Waals surface area (Å²) in [6.07, 6.45) is 8.91. The van der Waals surface area contributed by atoms with Crippen molar-refractivity contribution in [2.75, 3.05) is 64.5 Å². The van der Waals surface area contributed by atoms with E-state index in [9.17, 15) is 9.50 Å². The van der Waals surface area contributed by atoms with Crippen molar-refractivity contribution in [3.8, 4) is 35.2 Å². The van der Waals surface area contributed by atoms with Crippen molar-refractivity contribution in [2.24, 2.45) is 24.3 Å². The third kappa shape index (κ3) is 5.80. The zero-order valence-electron chi connectivity index (χ0n) is 31.6. The van der Waals surface area contributed by atoms with Gasteiger partial charge in [0.1, 0.15) is 41.2 Å². The lowest BCUT2D eigenvalue weighted by molar-refractivity contribution is 0.0228. The molecule has 3 aromatic carbocycles. The van der Waals surface area contributed by atoms with Crippen LogP contribution in [0.5, 0.6) is 11.8 Å². The van der Waals surface area contributed by atoms with Crippen LogP contribution < -0.4 is 9.64 Å². The average molecular weight is 788 g/mol. The van der Waals surface area contributed by atoms with Crippen molar-refractivity contribution in [3.05, 3.63) is 47.7 Å². The van der Waals surface area contributed by atoms with Gasteiger partial charge in [0, 0.05) is 113 Å². The number of phenols is 1. The number of aromatic nitrogens is 4. The zero-order valence-corrected chi connectivity index (χ0v) is 31.6. The Kier molecular flexibility index (Phi) is 8.41. The average Bonchev–Trinajstić information content (AvgIpc) is 3.60. The number of anilines is 1. The van der Waals surface area contributed by atoms with Crippen molar-refractivity contribution < 1.29 is 36.5 Å². The SMILES string of the molecule is C#Cc1c(F)ccc2cc(O)cc(-c3c(F)c4nc(OC[C@]5(CN6CC7C(F)C7C6)CC5(F)F)nc(N5[C@@H]6CC[C@H]5CN(CCCOC)C6)c4c4cn(C)nc34)c12. The largest absolute Gasteiger partial charge is 0.508 e. The number of nitrogens with zero attached hydrogens (tertiary/aromatic N) is 7. The Bertz CT molecular complexity index is 2480. The molecule has 0 amide bonds. The quantitative estimate of drug-likeness (QED) is 0.0943. The van der Waals surface area contributed by atoms with Gasteiger partial charge in [0.05, 0.1) is 16.4 Å². The predicted octanol–water partition coefficient (Wildman–Crippen LogP) is 6.30. The van der Waals surface area contributed by atoms with Gasteiger partial charge in [-0.05, 0) is 48.4 Å². The van der Waals surface area contributed by atoms with Gasteiger partial charge in [-0.2, -0.15) is 15.1 Å². The second-order valence-electron chi connectivity index (χ2n) is 16.8. The van der Waals surface area contributed by atoms with Gasteiger partial charge in [-0.3, -0.25) is 9.58 Å². The molecule has 3 aliphatic heterocycles. The highest BCUT2D eigenvalue weighted by Crippen LogP contribution is 2.62. The summed E-state index contributed by atoms with van der Waals surface area (Å²) in [5, 5.41) is 17.1. The van der Waals surface area contributed by atoms with Gasteiger partial charge in [0.2, 0.25) is 0 Å². The number of aryl methyl sites for hydroxylation is 1. The molecule has 57 heavy (non-hydrogen) atoms. The lowest BCUT2D eigenvalue weighted by Gasteiger charge is -2.42. The number of likely N-dealkylation sites (tertiary alicyclic amines) is 2. The van der Waals surface area contributed by atoms with E-state index in [2.05, 4.69) is 20.7 Å². The summed E-state index contributed by atoms with van der Waals surface area (Å²) in [5.41, 5.74) is -1.48. The van der Waals surface area contributed by atoms with E-state index in [1.807, 2.05) is 4.90 Å². The molecular formula is C42H42F5N7O3. The molecule has 5 atom stereocenters. The molecule has 1 N–H and O–H groups in total. The van der Waals surface area contributed by atoms with Crippen LogP contribution in [0.4, 0.5) is 27.8 Å². The standard InChI is InChI=1S/C42H42F5N7O3/c1-4-26-31(43)9-6-22-12-25(55)13-27(32(22)26)33-36(45)38-34(30-16-51(2)50-37(30)33)39(54-23-7-8-24(54)15-52(14-23)10-5-11-56-3)49-40(48-38)57-21-41(19-42(41,46)47)20-53-17-28-29(18-53)35(28)44/h1,6,9,12-13,16,23-24,28-29,35,55H,5,7-8,10-11,14-15,17-21H2,2-3H3/t23-,24+,28?,29?,35?,41-/m1/s1. The second kappa shape index (κ2) is 13.1. The van der Waals surface area contributed by atoms with Crippen molar-refractivity contribution in [1.29, 1.82) is 0 Å². The van der Waals surface area contributed by atoms with E-state index in [1.165, 1.54) is 24.3 Å². The molecule has 2 unspecified atom stereocenters. The Morgan fingerprint density at radius 1 is 1.00 bits per heavy atom. The van der Waals surface area contributed by atoms with Crippen LogP contribution in [0.3, 0.4) is 0 Å². The fraction of sp³-hybridized carbons (Fsp3) is 0.500. The molecule has 0 spiro atoms. The van der Waals surface area contributed by atoms with Gasteiger partial charge in [-0.15, -0.1) is 6.42 Å². The minimum absolute atomic E-state index is 0.0166. The van der Waals surface area contributed by atoms with Crippen molar-refractivity contribution in [3.63, 3.8) is 0 Å². The molecule has 5 aliphatic rings. The molecule has 5 fully saturated rings. The smallest absolute Gasteiger partial charge is 0.319 e. The summed E-state index contributed by atoms with van der Waals surface area (Å²) >= 11 is 0. The summed E-state index contributed by atoms with van der Waals surface area (Å²) in [6, 6.07) is 5.20. The van der Waals surface area contributed by atoms with Crippen LogP contribution in [-0.4, -0.2) is 118 Å². The summed E-state index contributed by atoms with van der Waals surface area (Å²) in [4.78, 5) is 16.1. The molecule has 0 radical (unpaired) electrons. The molecule has 10 nitrogen and oxygen atoms in total. The number of methoxy groups -OCH3 is 1. The monoisotopic (exact) mass is 787 g/mol. The predicted molar refractivity (Wildman–Crippen MR) is 204 cm³/mol. The zero-order chi connectivity index (χ0) is 39.5. The number of rotatable bonds is 11. The van der Waals surface area contributed by atoms with Crippen molar-refractivity contribution in [1.82, 2.24) is 29.5 Å².